The number of Topliss-reactive ketones (excluding diaryl/α,β-unsaturated/α-hetero) is 1. The molecular weight excluding hydrogens is 423 g/mol. The van der Waals surface area contributed by atoms with E-state index in [1.807, 2.05) is 0 Å². The van der Waals surface area contributed by atoms with Gasteiger partial charge in [-0.05, 0) is 31.2 Å². The van der Waals surface area contributed by atoms with Crippen LogP contribution in [-0.2, 0) is 9.53 Å². The standard InChI is InChI=1S/C20H17ClF3N3O3/c1-12(28)13-6-2-4-8-15(13)25-18(29)11-30-19-10-17(20(22,23)24)26-27(19)16-9-5-3-7-14(16)21/h2-10,17,26H,11H2,1H3,(H,25,29). The van der Waals surface area contributed by atoms with Crippen molar-refractivity contribution in [1.29, 1.82) is 0 Å². The molecule has 2 aromatic carbocycles. The van der Waals surface area contributed by atoms with Gasteiger partial charge in [0.05, 0.1) is 16.4 Å². The Morgan fingerprint density at radius 1 is 1.17 bits per heavy atom. The molecule has 1 amide bonds. The number of amides is 1. The molecule has 1 aliphatic heterocycles. The third-order valence-electron chi connectivity index (χ3n) is 4.18. The summed E-state index contributed by atoms with van der Waals surface area (Å²) < 4.78 is 44.9. The van der Waals surface area contributed by atoms with Crippen LogP contribution in [0.5, 0.6) is 0 Å². The zero-order valence-corrected chi connectivity index (χ0v) is 16.4. The Balaban J connectivity index is 1.75. The molecule has 10 heteroatoms. The third-order valence-corrected chi connectivity index (χ3v) is 4.50. The first-order chi connectivity index (χ1) is 14.2. The molecule has 0 aliphatic carbocycles. The molecule has 0 spiro atoms. The van der Waals surface area contributed by atoms with E-state index in [-0.39, 0.29) is 28.1 Å². The summed E-state index contributed by atoms with van der Waals surface area (Å²) in [4.78, 5) is 23.9. The number of rotatable bonds is 6. The van der Waals surface area contributed by atoms with Gasteiger partial charge in [-0.25, -0.2) is 10.4 Å². The van der Waals surface area contributed by atoms with E-state index in [9.17, 15) is 22.8 Å². The van der Waals surface area contributed by atoms with Crippen LogP contribution in [-0.4, -0.2) is 30.5 Å². The Morgan fingerprint density at radius 3 is 2.50 bits per heavy atom. The lowest BCUT2D eigenvalue weighted by Crippen LogP contribution is -2.45. The van der Waals surface area contributed by atoms with E-state index in [0.29, 0.717) is 5.56 Å². The number of carbonyl (C=O) groups excluding carboxylic acids is 2. The zero-order chi connectivity index (χ0) is 21.9. The van der Waals surface area contributed by atoms with E-state index in [1.165, 1.54) is 19.1 Å². The molecule has 30 heavy (non-hydrogen) atoms. The number of hydrazine groups is 1. The number of benzene rings is 2. The number of hydrogen-bond donors (Lipinski definition) is 2. The highest BCUT2D eigenvalue weighted by atomic mass is 35.5. The summed E-state index contributed by atoms with van der Waals surface area (Å²) in [5.74, 6) is -1.10. The molecule has 1 atom stereocenters. The van der Waals surface area contributed by atoms with Gasteiger partial charge in [0.1, 0.15) is 6.04 Å². The Labute approximate surface area is 175 Å². The Bertz CT molecular complexity index is 995. The molecule has 0 bridgehead atoms. The summed E-state index contributed by atoms with van der Waals surface area (Å²) in [6.07, 6.45) is -3.76. The topological polar surface area (TPSA) is 70.7 Å². The minimum absolute atomic E-state index is 0.196. The van der Waals surface area contributed by atoms with Crippen LogP contribution < -0.4 is 15.8 Å². The van der Waals surface area contributed by atoms with Gasteiger partial charge in [-0.15, -0.1) is 0 Å². The number of ketones is 1. The molecule has 1 unspecified atom stereocenters. The summed E-state index contributed by atoms with van der Waals surface area (Å²) in [5.41, 5.74) is 3.09. The molecule has 0 aromatic heterocycles. The maximum atomic E-state index is 13.2. The van der Waals surface area contributed by atoms with Crippen molar-refractivity contribution in [3.8, 4) is 0 Å². The smallest absolute Gasteiger partial charge is 0.409 e. The van der Waals surface area contributed by atoms with E-state index in [2.05, 4.69) is 10.7 Å². The van der Waals surface area contributed by atoms with Crippen molar-refractivity contribution in [2.45, 2.75) is 19.1 Å². The predicted molar refractivity (Wildman–Crippen MR) is 106 cm³/mol. The molecule has 2 N–H and O–H groups in total. The Morgan fingerprint density at radius 2 is 1.83 bits per heavy atom. The van der Waals surface area contributed by atoms with E-state index >= 15 is 0 Å². The number of hydrogen-bond acceptors (Lipinski definition) is 5. The number of ether oxygens (including phenoxy) is 1. The fraction of sp³-hybridized carbons (Fsp3) is 0.200. The second kappa shape index (κ2) is 8.76. The highest BCUT2D eigenvalue weighted by Crippen LogP contribution is 2.34. The van der Waals surface area contributed by atoms with Gasteiger partial charge in [0, 0.05) is 11.6 Å². The first kappa shape index (κ1) is 21.7. The van der Waals surface area contributed by atoms with Crippen molar-refractivity contribution in [3.05, 3.63) is 71.1 Å². The summed E-state index contributed by atoms with van der Waals surface area (Å²) in [6, 6.07) is 10.6. The van der Waals surface area contributed by atoms with E-state index in [4.69, 9.17) is 16.3 Å². The van der Waals surface area contributed by atoms with Crippen LogP contribution in [0.25, 0.3) is 0 Å². The van der Waals surface area contributed by atoms with Crippen molar-refractivity contribution in [2.75, 3.05) is 16.9 Å². The van der Waals surface area contributed by atoms with Crippen molar-refractivity contribution in [1.82, 2.24) is 5.43 Å². The summed E-state index contributed by atoms with van der Waals surface area (Å²) >= 11 is 6.09. The molecule has 0 fully saturated rings. The van der Waals surface area contributed by atoms with Gasteiger partial charge < -0.3 is 10.1 Å². The van der Waals surface area contributed by atoms with Crippen molar-refractivity contribution in [2.24, 2.45) is 0 Å². The fourth-order valence-electron chi connectivity index (χ4n) is 2.78. The number of anilines is 2. The van der Waals surface area contributed by atoms with Crippen LogP contribution in [0.15, 0.2) is 60.5 Å². The largest absolute Gasteiger partial charge is 0.468 e. The lowest BCUT2D eigenvalue weighted by Gasteiger charge is -2.25. The Hall–Kier alpha value is -3.04. The van der Waals surface area contributed by atoms with Crippen LogP contribution in [0.4, 0.5) is 24.5 Å². The average Bonchev–Trinajstić information content (AvgIpc) is 3.11. The number of alkyl halides is 3. The van der Waals surface area contributed by atoms with Crippen molar-refractivity contribution in [3.63, 3.8) is 0 Å². The number of nitrogens with zero attached hydrogens (tertiary/aromatic N) is 1. The van der Waals surface area contributed by atoms with E-state index in [0.717, 1.165) is 11.1 Å². The lowest BCUT2D eigenvalue weighted by atomic mass is 10.1. The van der Waals surface area contributed by atoms with Crippen LogP contribution in [0.3, 0.4) is 0 Å². The summed E-state index contributed by atoms with van der Waals surface area (Å²) in [7, 11) is 0. The molecule has 0 radical (unpaired) electrons. The van der Waals surface area contributed by atoms with Crippen LogP contribution >= 0.6 is 11.6 Å². The molecule has 158 valence electrons. The molecule has 0 saturated carbocycles. The second-order valence-corrected chi connectivity index (χ2v) is 6.79. The first-order valence-electron chi connectivity index (χ1n) is 8.79. The van der Waals surface area contributed by atoms with Gasteiger partial charge in [0.15, 0.2) is 12.4 Å². The maximum Gasteiger partial charge on any atom is 0.409 e. The van der Waals surface area contributed by atoms with Gasteiger partial charge >= 0.3 is 6.18 Å². The van der Waals surface area contributed by atoms with Gasteiger partial charge in [0.2, 0.25) is 5.88 Å². The first-order valence-corrected chi connectivity index (χ1v) is 9.16. The predicted octanol–water partition coefficient (Wildman–Crippen LogP) is 4.29. The second-order valence-electron chi connectivity index (χ2n) is 6.38. The van der Waals surface area contributed by atoms with Gasteiger partial charge in [-0.2, -0.15) is 13.2 Å². The molecule has 6 nitrogen and oxygen atoms in total. The molecule has 2 aromatic rings. The van der Waals surface area contributed by atoms with Crippen molar-refractivity contribution >= 4 is 34.7 Å². The molecule has 1 heterocycles. The molecular formula is C20H17ClF3N3O3. The summed E-state index contributed by atoms with van der Waals surface area (Å²) in [5, 5.41) is 3.76. The number of carbonyl (C=O) groups is 2. The monoisotopic (exact) mass is 439 g/mol. The van der Waals surface area contributed by atoms with Gasteiger partial charge in [-0.1, -0.05) is 35.9 Å². The highest BCUT2D eigenvalue weighted by Gasteiger charge is 2.44. The lowest BCUT2D eigenvalue weighted by molar-refractivity contribution is -0.142. The van der Waals surface area contributed by atoms with E-state index in [1.54, 1.807) is 36.4 Å². The molecule has 3 rings (SSSR count). The SMILES string of the molecule is CC(=O)c1ccccc1NC(=O)COC1=CC(C(F)(F)F)NN1c1ccccc1Cl. The average molecular weight is 440 g/mol. The summed E-state index contributed by atoms with van der Waals surface area (Å²) in [6.45, 7) is 0.778. The normalized spacial score (nSPS) is 16.2. The van der Waals surface area contributed by atoms with Crippen LogP contribution in [0.2, 0.25) is 5.02 Å². The third kappa shape index (κ3) is 4.92. The minimum atomic E-state index is -4.58. The maximum absolute atomic E-state index is 13.2. The quantitative estimate of drug-likeness (QED) is 0.657. The Kier molecular flexibility index (Phi) is 6.33. The highest BCUT2D eigenvalue weighted by molar-refractivity contribution is 6.33. The molecule has 0 saturated heterocycles. The van der Waals surface area contributed by atoms with E-state index < -0.39 is 24.7 Å². The number of nitrogens with one attached hydrogen (secondary N) is 2. The van der Waals surface area contributed by atoms with Crippen LogP contribution in [0, 0.1) is 0 Å². The van der Waals surface area contributed by atoms with Crippen molar-refractivity contribution < 1.29 is 27.5 Å². The number of halogens is 4. The number of para-hydroxylation sites is 2. The van der Waals surface area contributed by atoms with Crippen LogP contribution in [0.1, 0.15) is 17.3 Å². The zero-order valence-electron chi connectivity index (χ0n) is 15.7. The van der Waals surface area contributed by atoms with Gasteiger partial charge in [0.25, 0.3) is 5.91 Å². The molecule has 1 aliphatic rings. The fourth-order valence-corrected chi connectivity index (χ4v) is 3.00. The minimum Gasteiger partial charge on any atom is -0.468 e. The van der Waals surface area contributed by atoms with Gasteiger partial charge in [-0.3, -0.25) is 9.59 Å².